The quantitative estimate of drug-likeness (QED) is 0.786. The minimum atomic E-state index is -0.338. The monoisotopic (exact) mass is 318 g/mol. The standard InChI is InChI=1S/C17H22N2O4/c1-21-14-4-2-3-13(11-14)16-15(12-23-17(16)20)22-10-9-19-7-5-18-6-8-19/h2-4,11,18H,5-10,12H2,1H3. The van der Waals surface area contributed by atoms with Crippen LogP contribution in [-0.4, -0.2) is 63.9 Å². The van der Waals surface area contributed by atoms with Crippen molar-refractivity contribution in [3.05, 3.63) is 35.6 Å². The molecule has 6 heteroatoms. The Morgan fingerprint density at radius 3 is 2.91 bits per heavy atom. The highest BCUT2D eigenvalue weighted by Crippen LogP contribution is 2.29. The summed E-state index contributed by atoms with van der Waals surface area (Å²) in [6, 6.07) is 7.38. The molecule has 0 bridgehead atoms. The van der Waals surface area contributed by atoms with Gasteiger partial charge in [-0.1, -0.05) is 12.1 Å². The van der Waals surface area contributed by atoms with Crippen LogP contribution in [0.4, 0.5) is 0 Å². The minimum absolute atomic E-state index is 0.201. The smallest absolute Gasteiger partial charge is 0.342 e. The zero-order chi connectivity index (χ0) is 16.1. The van der Waals surface area contributed by atoms with Crippen molar-refractivity contribution < 1.29 is 19.0 Å². The van der Waals surface area contributed by atoms with Crippen LogP contribution in [0.1, 0.15) is 5.56 Å². The van der Waals surface area contributed by atoms with Gasteiger partial charge in [0.05, 0.1) is 7.11 Å². The second-order valence-electron chi connectivity index (χ2n) is 5.55. The predicted molar refractivity (Wildman–Crippen MR) is 86.1 cm³/mol. The zero-order valence-corrected chi connectivity index (χ0v) is 13.3. The molecule has 1 N–H and O–H groups in total. The first-order valence-electron chi connectivity index (χ1n) is 7.88. The second-order valence-corrected chi connectivity index (χ2v) is 5.55. The molecular formula is C17H22N2O4. The van der Waals surface area contributed by atoms with Crippen LogP contribution in [0.3, 0.4) is 0 Å². The number of nitrogens with one attached hydrogen (secondary N) is 1. The number of esters is 1. The van der Waals surface area contributed by atoms with E-state index < -0.39 is 0 Å². The Balaban J connectivity index is 1.67. The van der Waals surface area contributed by atoms with E-state index in [1.165, 1.54) is 0 Å². The van der Waals surface area contributed by atoms with Crippen LogP contribution in [0.5, 0.6) is 5.75 Å². The van der Waals surface area contributed by atoms with E-state index in [4.69, 9.17) is 14.2 Å². The third kappa shape index (κ3) is 3.83. The molecule has 0 radical (unpaired) electrons. The van der Waals surface area contributed by atoms with Crippen molar-refractivity contribution in [1.82, 2.24) is 10.2 Å². The Labute approximate surface area is 136 Å². The van der Waals surface area contributed by atoms with Gasteiger partial charge < -0.3 is 19.5 Å². The van der Waals surface area contributed by atoms with Crippen LogP contribution in [0.15, 0.2) is 30.0 Å². The number of hydrogen-bond donors (Lipinski definition) is 1. The van der Waals surface area contributed by atoms with Gasteiger partial charge in [0.15, 0.2) is 0 Å². The Bertz CT molecular complexity index is 594. The van der Waals surface area contributed by atoms with Crippen molar-refractivity contribution in [1.29, 1.82) is 0 Å². The van der Waals surface area contributed by atoms with E-state index in [9.17, 15) is 4.79 Å². The summed E-state index contributed by atoms with van der Waals surface area (Å²) in [4.78, 5) is 14.4. The first-order chi connectivity index (χ1) is 11.3. The van der Waals surface area contributed by atoms with Crippen molar-refractivity contribution in [3.63, 3.8) is 0 Å². The second kappa shape index (κ2) is 7.48. The topological polar surface area (TPSA) is 60.0 Å². The van der Waals surface area contributed by atoms with E-state index in [-0.39, 0.29) is 12.6 Å². The van der Waals surface area contributed by atoms with Crippen molar-refractivity contribution in [2.45, 2.75) is 0 Å². The molecule has 0 spiro atoms. The molecule has 0 saturated carbocycles. The minimum Gasteiger partial charge on any atom is -0.497 e. The van der Waals surface area contributed by atoms with Crippen molar-refractivity contribution in [3.8, 4) is 5.75 Å². The lowest BCUT2D eigenvalue weighted by Crippen LogP contribution is -2.44. The number of piperazine rings is 1. The molecule has 6 nitrogen and oxygen atoms in total. The largest absolute Gasteiger partial charge is 0.497 e. The van der Waals surface area contributed by atoms with E-state index in [1.807, 2.05) is 24.3 Å². The van der Waals surface area contributed by atoms with Crippen LogP contribution in [0, 0.1) is 0 Å². The van der Waals surface area contributed by atoms with Gasteiger partial charge in [-0.15, -0.1) is 0 Å². The summed E-state index contributed by atoms with van der Waals surface area (Å²) < 4.78 is 16.2. The number of cyclic esters (lactones) is 1. The fourth-order valence-corrected chi connectivity index (χ4v) is 2.79. The molecule has 0 atom stereocenters. The molecule has 1 saturated heterocycles. The maximum Gasteiger partial charge on any atom is 0.342 e. The van der Waals surface area contributed by atoms with Crippen LogP contribution in [0.25, 0.3) is 5.57 Å². The highest BCUT2D eigenvalue weighted by molar-refractivity contribution is 6.19. The van der Waals surface area contributed by atoms with Gasteiger partial charge in [-0.3, -0.25) is 4.90 Å². The van der Waals surface area contributed by atoms with Gasteiger partial charge in [-0.2, -0.15) is 0 Å². The molecule has 2 aliphatic rings. The van der Waals surface area contributed by atoms with Gasteiger partial charge >= 0.3 is 5.97 Å². The summed E-state index contributed by atoms with van der Waals surface area (Å²) in [7, 11) is 1.60. The number of benzene rings is 1. The van der Waals surface area contributed by atoms with Gasteiger partial charge in [-0.25, -0.2) is 4.79 Å². The lowest BCUT2D eigenvalue weighted by atomic mass is 10.1. The number of carbonyl (C=O) groups excluding carboxylic acids is 1. The molecule has 0 aromatic heterocycles. The summed E-state index contributed by atoms with van der Waals surface area (Å²) >= 11 is 0. The van der Waals surface area contributed by atoms with E-state index in [0.29, 0.717) is 23.7 Å². The highest BCUT2D eigenvalue weighted by Gasteiger charge is 2.28. The average molecular weight is 318 g/mol. The lowest BCUT2D eigenvalue weighted by Gasteiger charge is -2.27. The molecule has 2 heterocycles. The third-order valence-electron chi connectivity index (χ3n) is 4.07. The van der Waals surface area contributed by atoms with Gasteiger partial charge in [-0.05, 0) is 17.7 Å². The predicted octanol–water partition coefficient (Wildman–Crippen LogP) is 0.885. The Morgan fingerprint density at radius 1 is 1.30 bits per heavy atom. The summed E-state index contributed by atoms with van der Waals surface area (Å²) in [5, 5.41) is 3.32. The van der Waals surface area contributed by atoms with Gasteiger partial charge in [0.25, 0.3) is 0 Å². The molecule has 124 valence electrons. The normalized spacial score (nSPS) is 18.9. The van der Waals surface area contributed by atoms with Crippen molar-refractivity contribution in [2.24, 2.45) is 0 Å². The molecule has 1 aromatic rings. The van der Waals surface area contributed by atoms with Crippen molar-refractivity contribution >= 4 is 11.5 Å². The number of ether oxygens (including phenoxy) is 3. The Kier molecular flexibility index (Phi) is 5.15. The third-order valence-corrected chi connectivity index (χ3v) is 4.07. The van der Waals surface area contributed by atoms with Crippen LogP contribution in [0.2, 0.25) is 0 Å². The van der Waals surface area contributed by atoms with Crippen LogP contribution < -0.4 is 10.1 Å². The number of hydrogen-bond acceptors (Lipinski definition) is 6. The molecule has 23 heavy (non-hydrogen) atoms. The Hall–Kier alpha value is -2.05. The SMILES string of the molecule is COc1cccc(C2=C(OCCN3CCNCC3)COC2=O)c1. The summed E-state index contributed by atoms with van der Waals surface area (Å²) in [5.41, 5.74) is 1.27. The maximum atomic E-state index is 12.0. The van der Waals surface area contributed by atoms with Gasteiger partial charge in [0.1, 0.15) is 30.3 Å². The lowest BCUT2D eigenvalue weighted by molar-refractivity contribution is -0.134. The van der Waals surface area contributed by atoms with Crippen molar-refractivity contribution in [2.75, 3.05) is 53.0 Å². The van der Waals surface area contributed by atoms with Crippen LogP contribution >= 0.6 is 0 Å². The summed E-state index contributed by atoms with van der Waals surface area (Å²) in [6.45, 7) is 5.69. The van der Waals surface area contributed by atoms with E-state index in [1.54, 1.807) is 7.11 Å². The molecule has 0 aliphatic carbocycles. The van der Waals surface area contributed by atoms with E-state index in [0.717, 1.165) is 38.3 Å². The Morgan fingerprint density at radius 2 is 2.13 bits per heavy atom. The summed E-state index contributed by atoms with van der Waals surface area (Å²) in [6.07, 6.45) is 0. The van der Waals surface area contributed by atoms with E-state index in [2.05, 4.69) is 10.2 Å². The molecule has 2 aliphatic heterocycles. The van der Waals surface area contributed by atoms with Crippen LogP contribution in [-0.2, 0) is 14.3 Å². The average Bonchev–Trinajstić information content (AvgIpc) is 2.96. The fourth-order valence-electron chi connectivity index (χ4n) is 2.79. The number of methoxy groups -OCH3 is 1. The highest BCUT2D eigenvalue weighted by atomic mass is 16.6. The van der Waals surface area contributed by atoms with E-state index >= 15 is 0 Å². The molecule has 0 unspecified atom stereocenters. The maximum absolute atomic E-state index is 12.0. The summed E-state index contributed by atoms with van der Waals surface area (Å²) in [5.74, 6) is 0.976. The van der Waals surface area contributed by atoms with Gasteiger partial charge in [0.2, 0.25) is 0 Å². The molecule has 1 fully saturated rings. The number of rotatable bonds is 6. The van der Waals surface area contributed by atoms with Gasteiger partial charge in [0, 0.05) is 32.7 Å². The fraction of sp³-hybridized carbons (Fsp3) is 0.471. The zero-order valence-electron chi connectivity index (χ0n) is 13.3. The molecule has 3 rings (SSSR count). The first-order valence-corrected chi connectivity index (χ1v) is 7.88. The first kappa shape index (κ1) is 15.8. The molecular weight excluding hydrogens is 296 g/mol. The molecule has 1 aromatic carbocycles. The molecule has 0 amide bonds. The number of carbonyl (C=O) groups is 1. The number of nitrogens with zero attached hydrogens (tertiary/aromatic N) is 1.